The fourth-order valence-corrected chi connectivity index (χ4v) is 3.31. The molecule has 2 amide bonds. The monoisotopic (exact) mass is 414 g/mol. The minimum absolute atomic E-state index is 0.308. The number of carbonyl (C=O) groups is 2. The normalized spacial score (nSPS) is 11.9. The highest BCUT2D eigenvalue weighted by Gasteiger charge is 2.28. The molecule has 8 heteroatoms. The highest BCUT2D eigenvalue weighted by molar-refractivity contribution is 6.31. The van der Waals surface area contributed by atoms with E-state index < -0.39 is 23.7 Å². The van der Waals surface area contributed by atoms with E-state index in [4.69, 9.17) is 17.3 Å². The Labute approximate surface area is 172 Å². The Hall–Kier alpha value is -3.19. The highest BCUT2D eigenvalue weighted by atomic mass is 35.5. The quantitative estimate of drug-likeness (QED) is 0.692. The minimum atomic E-state index is -1.09. The molecule has 1 atom stereocenters. The summed E-state index contributed by atoms with van der Waals surface area (Å²) in [4.78, 5) is 26.1. The topological polar surface area (TPSA) is 81.2 Å². The standard InChI is InChI=1S/C21H20ClFN4O2/c1-12-18(22)13(2)27(25-12)17-9-7-14(8-10-17)21(29)26(3)19(20(24)28)15-5-4-6-16(23)11-15/h4-11,19H,1-3H3,(H2,24,28). The summed E-state index contributed by atoms with van der Waals surface area (Å²) in [5, 5.41) is 4.97. The van der Waals surface area contributed by atoms with Crippen LogP contribution >= 0.6 is 11.6 Å². The minimum Gasteiger partial charge on any atom is -0.368 e. The molecule has 0 fully saturated rings. The number of carbonyl (C=O) groups excluding carboxylic acids is 2. The lowest BCUT2D eigenvalue weighted by Crippen LogP contribution is -2.39. The lowest BCUT2D eigenvalue weighted by Gasteiger charge is -2.26. The van der Waals surface area contributed by atoms with Crippen molar-refractivity contribution in [2.24, 2.45) is 5.73 Å². The molecule has 0 aliphatic rings. The van der Waals surface area contributed by atoms with Crippen LogP contribution in [0.1, 0.15) is 33.4 Å². The Balaban J connectivity index is 1.88. The molecule has 0 saturated heterocycles. The van der Waals surface area contributed by atoms with Crippen LogP contribution in [0.25, 0.3) is 5.69 Å². The SMILES string of the molecule is Cc1nn(-c2ccc(C(=O)N(C)C(C(N)=O)c3cccc(F)c3)cc2)c(C)c1Cl. The molecule has 2 aromatic carbocycles. The molecular formula is C21H20ClFN4O2. The molecule has 6 nitrogen and oxygen atoms in total. The van der Waals surface area contributed by atoms with E-state index in [9.17, 15) is 14.0 Å². The summed E-state index contributed by atoms with van der Waals surface area (Å²) in [6, 6.07) is 11.1. The number of halogens is 2. The third-order valence-electron chi connectivity index (χ3n) is 4.70. The van der Waals surface area contributed by atoms with Gasteiger partial charge in [-0.3, -0.25) is 9.59 Å². The smallest absolute Gasteiger partial charge is 0.254 e. The van der Waals surface area contributed by atoms with Crippen molar-refractivity contribution < 1.29 is 14.0 Å². The number of rotatable bonds is 5. The number of aryl methyl sites for hydroxylation is 1. The maximum atomic E-state index is 13.6. The first-order valence-electron chi connectivity index (χ1n) is 8.84. The molecule has 1 unspecified atom stereocenters. The largest absolute Gasteiger partial charge is 0.368 e. The second kappa shape index (κ2) is 8.05. The summed E-state index contributed by atoms with van der Waals surface area (Å²) in [5.41, 5.74) is 8.40. The zero-order valence-electron chi connectivity index (χ0n) is 16.2. The van der Waals surface area contributed by atoms with Crippen LogP contribution in [-0.2, 0) is 4.79 Å². The number of primary amides is 1. The third kappa shape index (κ3) is 4.00. The van der Waals surface area contributed by atoms with Gasteiger partial charge >= 0.3 is 0 Å². The van der Waals surface area contributed by atoms with Crippen molar-refractivity contribution in [3.05, 3.63) is 81.9 Å². The maximum Gasteiger partial charge on any atom is 0.254 e. The number of hydrogen-bond donors (Lipinski definition) is 1. The number of hydrogen-bond acceptors (Lipinski definition) is 3. The predicted molar refractivity (Wildman–Crippen MR) is 108 cm³/mol. The van der Waals surface area contributed by atoms with Gasteiger partial charge in [0.2, 0.25) is 5.91 Å². The van der Waals surface area contributed by atoms with Gasteiger partial charge < -0.3 is 10.6 Å². The first-order valence-corrected chi connectivity index (χ1v) is 9.22. The number of nitrogens with two attached hydrogens (primary N) is 1. The maximum absolute atomic E-state index is 13.6. The van der Waals surface area contributed by atoms with E-state index in [-0.39, 0.29) is 0 Å². The predicted octanol–water partition coefficient (Wildman–Crippen LogP) is 3.58. The van der Waals surface area contributed by atoms with Crippen molar-refractivity contribution in [1.82, 2.24) is 14.7 Å². The van der Waals surface area contributed by atoms with E-state index in [1.165, 1.54) is 30.1 Å². The summed E-state index contributed by atoms with van der Waals surface area (Å²) in [7, 11) is 1.46. The lowest BCUT2D eigenvalue weighted by atomic mass is 10.0. The second-order valence-electron chi connectivity index (χ2n) is 6.72. The van der Waals surface area contributed by atoms with Crippen LogP contribution in [-0.4, -0.2) is 33.5 Å². The molecule has 0 saturated carbocycles. The molecule has 150 valence electrons. The average molecular weight is 415 g/mol. The Morgan fingerprint density at radius 2 is 1.83 bits per heavy atom. The van der Waals surface area contributed by atoms with Gasteiger partial charge in [0.15, 0.2) is 0 Å². The zero-order chi connectivity index (χ0) is 21.3. The second-order valence-corrected chi connectivity index (χ2v) is 7.10. The third-order valence-corrected chi connectivity index (χ3v) is 5.25. The number of nitrogens with zero attached hydrogens (tertiary/aromatic N) is 3. The summed E-state index contributed by atoms with van der Waals surface area (Å²) < 4.78 is 15.3. The lowest BCUT2D eigenvalue weighted by molar-refractivity contribution is -0.122. The van der Waals surface area contributed by atoms with Gasteiger partial charge in [-0.15, -0.1) is 0 Å². The van der Waals surface area contributed by atoms with Gasteiger partial charge in [0.05, 0.1) is 22.1 Å². The molecular weight excluding hydrogens is 395 g/mol. The fraction of sp³-hybridized carbons (Fsp3) is 0.190. The molecule has 0 aliphatic carbocycles. The summed E-state index contributed by atoms with van der Waals surface area (Å²) in [6.45, 7) is 3.67. The molecule has 0 radical (unpaired) electrons. The van der Waals surface area contributed by atoms with E-state index in [1.54, 1.807) is 35.0 Å². The first-order chi connectivity index (χ1) is 13.7. The summed E-state index contributed by atoms with van der Waals surface area (Å²) >= 11 is 6.19. The van der Waals surface area contributed by atoms with E-state index in [2.05, 4.69) is 5.10 Å². The summed E-state index contributed by atoms with van der Waals surface area (Å²) in [6.07, 6.45) is 0. The van der Waals surface area contributed by atoms with Crippen molar-refractivity contribution >= 4 is 23.4 Å². The van der Waals surface area contributed by atoms with Gasteiger partial charge in [0.25, 0.3) is 5.91 Å². The Kier molecular flexibility index (Phi) is 5.70. The van der Waals surface area contributed by atoms with E-state index in [0.717, 1.165) is 11.4 Å². The molecule has 2 N–H and O–H groups in total. The first kappa shape index (κ1) is 20.5. The molecule has 3 aromatic rings. The molecule has 0 spiro atoms. The van der Waals surface area contributed by atoms with Crippen LogP contribution in [0, 0.1) is 19.7 Å². The van der Waals surface area contributed by atoms with Crippen LogP contribution in [0.15, 0.2) is 48.5 Å². The number of amides is 2. The number of aromatic nitrogens is 2. The van der Waals surface area contributed by atoms with Crippen molar-refractivity contribution in [2.45, 2.75) is 19.9 Å². The average Bonchev–Trinajstić information content (AvgIpc) is 2.95. The Morgan fingerprint density at radius 1 is 1.17 bits per heavy atom. The Morgan fingerprint density at radius 3 is 2.34 bits per heavy atom. The molecule has 0 bridgehead atoms. The van der Waals surface area contributed by atoms with Gasteiger partial charge in [-0.25, -0.2) is 9.07 Å². The van der Waals surface area contributed by atoms with Gasteiger partial charge in [0, 0.05) is 12.6 Å². The zero-order valence-corrected chi connectivity index (χ0v) is 16.9. The van der Waals surface area contributed by atoms with Crippen LogP contribution < -0.4 is 5.73 Å². The van der Waals surface area contributed by atoms with E-state index >= 15 is 0 Å². The number of likely N-dealkylation sites (N-methyl/N-ethyl adjacent to an activating group) is 1. The number of benzene rings is 2. The van der Waals surface area contributed by atoms with Crippen LogP contribution in [0.3, 0.4) is 0 Å². The van der Waals surface area contributed by atoms with E-state index in [0.29, 0.717) is 21.8 Å². The van der Waals surface area contributed by atoms with Crippen molar-refractivity contribution in [3.8, 4) is 5.69 Å². The fourth-order valence-electron chi connectivity index (χ4n) is 3.20. The van der Waals surface area contributed by atoms with Crippen LogP contribution in [0.4, 0.5) is 4.39 Å². The van der Waals surface area contributed by atoms with Crippen molar-refractivity contribution in [3.63, 3.8) is 0 Å². The van der Waals surface area contributed by atoms with Gasteiger partial charge in [0.1, 0.15) is 11.9 Å². The van der Waals surface area contributed by atoms with Gasteiger partial charge in [-0.1, -0.05) is 23.7 Å². The highest BCUT2D eigenvalue weighted by Crippen LogP contribution is 2.24. The molecule has 0 aliphatic heterocycles. The van der Waals surface area contributed by atoms with Gasteiger partial charge in [-0.05, 0) is 55.8 Å². The molecule has 1 aromatic heterocycles. The van der Waals surface area contributed by atoms with E-state index in [1.807, 2.05) is 13.8 Å². The molecule has 1 heterocycles. The molecule has 29 heavy (non-hydrogen) atoms. The Bertz CT molecular complexity index is 1080. The van der Waals surface area contributed by atoms with Crippen LogP contribution in [0.2, 0.25) is 5.02 Å². The molecule has 3 rings (SSSR count). The summed E-state index contributed by atoms with van der Waals surface area (Å²) in [5.74, 6) is -1.68. The van der Waals surface area contributed by atoms with Crippen molar-refractivity contribution in [1.29, 1.82) is 0 Å². The van der Waals surface area contributed by atoms with Crippen molar-refractivity contribution in [2.75, 3.05) is 7.05 Å². The van der Waals surface area contributed by atoms with Crippen LogP contribution in [0.5, 0.6) is 0 Å². The van der Waals surface area contributed by atoms with Gasteiger partial charge in [-0.2, -0.15) is 5.10 Å².